The van der Waals surface area contributed by atoms with E-state index in [0.717, 1.165) is 15.4 Å². The summed E-state index contributed by atoms with van der Waals surface area (Å²) in [4.78, 5) is 13.1. The van der Waals surface area contributed by atoms with Gasteiger partial charge in [0.2, 0.25) is 0 Å². The van der Waals surface area contributed by atoms with Gasteiger partial charge in [-0.1, -0.05) is 54.1 Å². The molecule has 0 radical (unpaired) electrons. The molecule has 0 bridgehead atoms. The van der Waals surface area contributed by atoms with Crippen LogP contribution in [0.4, 0.5) is 5.69 Å². The number of hydrogen-bond donors (Lipinski definition) is 1. The van der Waals surface area contributed by atoms with E-state index in [1.54, 1.807) is 24.3 Å². The lowest BCUT2D eigenvalue weighted by molar-refractivity contribution is 0.0940. The zero-order valence-electron chi connectivity index (χ0n) is 17.0. The van der Waals surface area contributed by atoms with Crippen LogP contribution in [0.3, 0.4) is 0 Å². The lowest BCUT2D eigenvalue weighted by atomic mass is 10.0. The van der Waals surface area contributed by atoms with Crippen molar-refractivity contribution in [3.8, 4) is 0 Å². The van der Waals surface area contributed by atoms with Gasteiger partial charge in [0.1, 0.15) is 0 Å². The second kappa shape index (κ2) is 8.90. The van der Waals surface area contributed by atoms with Crippen LogP contribution in [-0.4, -0.2) is 21.4 Å². The summed E-state index contributed by atoms with van der Waals surface area (Å²) in [5.74, 6) is -0.372. The lowest BCUT2D eigenvalue weighted by Gasteiger charge is -2.21. The first kappa shape index (κ1) is 21.9. The summed E-state index contributed by atoms with van der Waals surface area (Å²) in [6.07, 6.45) is 0. The number of carbonyl (C=O) groups is 1. The zero-order chi connectivity index (χ0) is 21.9. The Hall–Kier alpha value is -2.83. The molecular weight excluding hydrogens is 420 g/mol. The van der Waals surface area contributed by atoms with Crippen molar-refractivity contribution >= 4 is 33.2 Å². The molecule has 3 aromatic rings. The highest BCUT2D eigenvalue weighted by Gasteiger charge is 2.23. The molecule has 30 heavy (non-hydrogen) atoms. The number of benzene rings is 3. The third-order valence-corrected chi connectivity index (χ3v) is 7.09. The van der Waals surface area contributed by atoms with E-state index in [1.165, 1.54) is 31.3 Å². The normalized spacial score (nSPS) is 12.3. The van der Waals surface area contributed by atoms with Gasteiger partial charge in [-0.25, -0.2) is 8.42 Å². The minimum Gasteiger partial charge on any atom is -0.345 e. The average molecular weight is 443 g/mol. The Bertz CT molecular complexity index is 1160. The van der Waals surface area contributed by atoms with Crippen LogP contribution >= 0.6 is 11.6 Å². The van der Waals surface area contributed by atoms with Crippen LogP contribution in [-0.2, 0) is 10.0 Å². The number of sulfonamides is 1. The molecule has 0 aliphatic rings. The molecule has 3 rings (SSSR count). The number of amides is 1. The maximum absolute atomic E-state index is 12.9. The third-order valence-electron chi connectivity index (χ3n) is 4.96. The molecule has 0 spiro atoms. The number of hydrogen-bond acceptors (Lipinski definition) is 3. The highest BCUT2D eigenvalue weighted by Crippen LogP contribution is 2.27. The van der Waals surface area contributed by atoms with Crippen LogP contribution in [0.15, 0.2) is 77.7 Å². The molecule has 7 heteroatoms. The van der Waals surface area contributed by atoms with Crippen LogP contribution in [0.2, 0.25) is 5.02 Å². The van der Waals surface area contributed by atoms with Crippen molar-refractivity contribution in [2.24, 2.45) is 0 Å². The minimum absolute atomic E-state index is 0.168. The van der Waals surface area contributed by atoms with Crippen LogP contribution in [0.1, 0.15) is 34.5 Å². The molecule has 5 nitrogen and oxygen atoms in total. The van der Waals surface area contributed by atoms with Gasteiger partial charge in [-0.3, -0.25) is 9.10 Å². The fourth-order valence-electron chi connectivity index (χ4n) is 3.20. The SMILES string of the molecule is Cc1ccccc1[C@H](C)NC(=O)c1cc(N(C)S(=O)(=O)c2ccccc2)ccc1Cl. The summed E-state index contributed by atoms with van der Waals surface area (Å²) >= 11 is 6.26. The molecule has 0 fully saturated rings. The van der Waals surface area contributed by atoms with E-state index in [1.807, 2.05) is 38.1 Å². The summed E-state index contributed by atoms with van der Waals surface area (Å²) in [6, 6.07) is 20.3. The Labute approximate surface area is 182 Å². The zero-order valence-corrected chi connectivity index (χ0v) is 18.5. The van der Waals surface area contributed by atoms with Crippen LogP contribution in [0, 0.1) is 6.92 Å². The predicted octanol–water partition coefficient (Wildman–Crippen LogP) is 4.96. The van der Waals surface area contributed by atoms with Gasteiger partial charge in [-0.15, -0.1) is 0 Å². The Balaban J connectivity index is 1.88. The molecule has 0 saturated heterocycles. The Morgan fingerprint density at radius 3 is 2.30 bits per heavy atom. The Morgan fingerprint density at radius 1 is 1.00 bits per heavy atom. The molecule has 0 saturated carbocycles. The van der Waals surface area contributed by atoms with E-state index in [0.29, 0.717) is 5.69 Å². The second-order valence-corrected chi connectivity index (χ2v) is 9.38. The van der Waals surface area contributed by atoms with Gasteiger partial charge in [0.15, 0.2) is 0 Å². The van der Waals surface area contributed by atoms with Gasteiger partial charge >= 0.3 is 0 Å². The Morgan fingerprint density at radius 2 is 1.63 bits per heavy atom. The van der Waals surface area contributed by atoms with Crippen molar-refractivity contribution in [3.05, 3.63) is 94.5 Å². The largest absolute Gasteiger partial charge is 0.345 e. The molecule has 0 heterocycles. The maximum Gasteiger partial charge on any atom is 0.264 e. The number of anilines is 1. The number of nitrogens with zero attached hydrogens (tertiary/aromatic N) is 1. The Kier molecular flexibility index (Phi) is 6.48. The van der Waals surface area contributed by atoms with Gasteiger partial charge in [-0.2, -0.15) is 0 Å². The molecule has 0 unspecified atom stereocenters. The van der Waals surface area contributed by atoms with E-state index >= 15 is 0 Å². The number of rotatable bonds is 6. The van der Waals surface area contributed by atoms with E-state index in [9.17, 15) is 13.2 Å². The molecule has 1 N–H and O–H groups in total. The standard InChI is InChI=1S/C23H23ClN2O3S/c1-16-9-7-8-12-20(16)17(2)25-23(27)21-15-18(13-14-22(21)24)26(3)30(28,29)19-10-5-4-6-11-19/h4-15,17H,1-3H3,(H,25,27)/t17-/m0/s1. The van der Waals surface area contributed by atoms with Crippen molar-refractivity contribution < 1.29 is 13.2 Å². The van der Waals surface area contributed by atoms with Crippen molar-refractivity contribution in [1.29, 1.82) is 0 Å². The van der Waals surface area contributed by atoms with Crippen molar-refractivity contribution in [2.75, 3.05) is 11.4 Å². The molecule has 1 amide bonds. The first-order chi connectivity index (χ1) is 14.2. The highest BCUT2D eigenvalue weighted by molar-refractivity contribution is 7.92. The second-order valence-electron chi connectivity index (χ2n) is 7.00. The lowest BCUT2D eigenvalue weighted by Crippen LogP contribution is -2.29. The average Bonchev–Trinajstić information content (AvgIpc) is 2.74. The van der Waals surface area contributed by atoms with Gasteiger partial charge < -0.3 is 5.32 Å². The first-order valence-corrected chi connectivity index (χ1v) is 11.2. The first-order valence-electron chi connectivity index (χ1n) is 9.41. The summed E-state index contributed by atoms with van der Waals surface area (Å²) in [7, 11) is -2.31. The van der Waals surface area contributed by atoms with E-state index < -0.39 is 10.0 Å². The molecule has 0 aliphatic heterocycles. The summed E-state index contributed by atoms with van der Waals surface area (Å²) in [5.41, 5.74) is 2.63. The van der Waals surface area contributed by atoms with Gasteiger partial charge in [0.25, 0.3) is 15.9 Å². The number of nitrogens with one attached hydrogen (secondary N) is 1. The number of carbonyl (C=O) groups excluding carboxylic acids is 1. The van der Waals surface area contributed by atoms with Crippen molar-refractivity contribution in [2.45, 2.75) is 24.8 Å². The minimum atomic E-state index is -3.76. The van der Waals surface area contributed by atoms with Gasteiger partial charge in [0, 0.05) is 7.05 Å². The van der Waals surface area contributed by atoms with E-state index in [4.69, 9.17) is 11.6 Å². The number of halogens is 1. The van der Waals surface area contributed by atoms with Gasteiger partial charge in [0.05, 0.1) is 27.2 Å². The topological polar surface area (TPSA) is 66.5 Å². The van der Waals surface area contributed by atoms with E-state index in [2.05, 4.69) is 5.32 Å². The van der Waals surface area contributed by atoms with Crippen LogP contribution in [0.5, 0.6) is 0 Å². The van der Waals surface area contributed by atoms with E-state index in [-0.39, 0.29) is 27.4 Å². The van der Waals surface area contributed by atoms with Crippen molar-refractivity contribution in [3.63, 3.8) is 0 Å². The summed E-state index contributed by atoms with van der Waals surface area (Å²) < 4.78 is 26.9. The van der Waals surface area contributed by atoms with Gasteiger partial charge in [-0.05, 0) is 55.3 Å². The number of aryl methyl sites for hydroxylation is 1. The quantitative estimate of drug-likeness (QED) is 0.586. The smallest absolute Gasteiger partial charge is 0.264 e. The summed E-state index contributed by atoms with van der Waals surface area (Å²) in [6.45, 7) is 3.87. The van der Waals surface area contributed by atoms with Crippen LogP contribution in [0.25, 0.3) is 0 Å². The molecule has 156 valence electrons. The fraction of sp³-hybridized carbons (Fsp3) is 0.174. The monoisotopic (exact) mass is 442 g/mol. The molecule has 0 aliphatic carbocycles. The summed E-state index contributed by atoms with van der Waals surface area (Å²) in [5, 5.41) is 3.19. The predicted molar refractivity (Wildman–Crippen MR) is 121 cm³/mol. The maximum atomic E-state index is 12.9. The van der Waals surface area contributed by atoms with Crippen LogP contribution < -0.4 is 9.62 Å². The molecule has 0 aromatic heterocycles. The van der Waals surface area contributed by atoms with Crippen molar-refractivity contribution in [1.82, 2.24) is 5.32 Å². The highest BCUT2D eigenvalue weighted by atomic mass is 35.5. The molecule has 3 aromatic carbocycles. The fourth-order valence-corrected chi connectivity index (χ4v) is 4.61. The molecular formula is C23H23ClN2O3S. The third kappa shape index (κ3) is 4.50. The molecule has 1 atom stereocenters.